The molecule has 0 heterocycles. The lowest BCUT2D eigenvalue weighted by Crippen LogP contribution is -2.29. The molecule has 0 aromatic heterocycles. The number of unbranched alkanes of at least 4 members (excludes halogenated alkanes) is 1. The van der Waals surface area contributed by atoms with Crippen molar-refractivity contribution in [2.45, 2.75) is 45.4 Å². The Kier molecular flexibility index (Phi) is 35.2. The first-order valence-corrected chi connectivity index (χ1v) is 23.8. The van der Waals surface area contributed by atoms with Gasteiger partial charge >= 0.3 is 12.1 Å². The summed E-state index contributed by atoms with van der Waals surface area (Å²) in [4.78, 5) is 24.3. The van der Waals surface area contributed by atoms with E-state index < -0.39 is 6.09 Å². The molecule has 0 radical (unpaired) electrons. The molecular formula is C49H79NO16. The summed E-state index contributed by atoms with van der Waals surface area (Å²) >= 11 is 0. The number of hydrogen-bond donors (Lipinski definition) is 1. The normalized spacial score (nSPS) is 12.6. The molecule has 1 unspecified atom stereocenters. The van der Waals surface area contributed by atoms with E-state index >= 15 is 0 Å². The van der Waals surface area contributed by atoms with Crippen molar-refractivity contribution in [2.75, 3.05) is 178 Å². The highest BCUT2D eigenvalue weighted by Gasteiger charge is 2.29. The Morgan fingerprint density at radius 1 is 0.455 bits per heavy atom. The van der Waals surface area contributed by atoms with Crippen LogP contribution in [0.3, 0.4) is 0 Å². The van der Waals surface area contributed by atoms with Gasteiger partial charge in [-0.15, -0.1) is 0 Å². The minimum atomic E-state index is -0.456. The maximum absolute atomic E-state index is 12.3. The Morgan fingerprint density at radius 2 is 0.788 bits per heavy atom. The molecule has 0 aliphatic heterocycles. The molecule has 17 nitrogen and oxygen atoms in total. The van der Waals surface area contributed by atoms with Gasteiger partial charge in [0, 0.05) is 12.5 Å². The van der Waals surface area contributed by atoms with Gasteiger partial charge in [0.1, 0.15) is 13.2 Å². The van der Waals surface area contributed by atoms with E-state index in [1.54, 1.807) is 0 Å². The second-order valence-corrected chi connectivity index (χ2v) is 15.0. The number of ether oxygens (including phenoxy) is 14. The van der Waals surface area contributed by atoms with E-state index in [1.165, 1.54) is 22.3 Å². The monoisotopic (exact) mass is 938 g/mol. The minimum absolute atomic E-state index is 0.0113. The summed E-state index contributed by atoms with van der Waals surface area (Å²) in [5.74, 6) is -0.105. The minimum Gasteiger partial charge on any atom is -0.463 e. The standard InChI is InChI=1S/C49H79NO16/c1-3-5-10-42(4-2)48(51)65-40-39-64-38-37-63-36-35-62-34-33-61-32-31-60-30-29-59-28-27-58-26-25-57-24-23-56-22-21-55-20-19-54-18-17-53-16-15-50-49(52)66-41-47-45-13-8-6-11-43(45)44-12-7-9-14-46(44)47/h6-9,11-14,42,47H,3-5,10,15-41H2,1-2H3,(H,50,52). The number of nitrogens with one attached hydrogen (secondary N) is 1. The van der Waals surface area contributed by atoms with Gasteiger partial charge in [-0.05, 0) is 35.1 Å². The molecule has 0 saturated heterocycles. The Balaban J connectivity index is 0.913. The largest absolute Gasteiger partial charge is 0.463 e. The van der Waals surface area contributed by atoms with Crippen LogP contribution in [0, 0.1) is 5.92 Å². The van der Waals surface area contributed by atoms with Crippen molar-refractivity contribution < 1.29 is 75.9 Å². The van der Waals surface area contributed by atoms with E-state index in [2.05, 4.69) is 36.5 Å². The fourth-order valence-corrected chi connectivity index (χ4v) is 6.65. The van der Waals surface area contributed by atoms with Crippen molar-refractivity contribution in [1.29, 1.82) is 0 Å². The first-order valence-electron chi connectivity index (χ1n) is 23.8. The summed E-state index contributed by atoms with van der Waals surface area (Å²) in [6.45, 7) is 16.1. The number of carbonyl (C=O) groups excluding carboxylic acids is 2. The molecule has 3 rings (SSSR count). The number of alkyl carbamates (subject to hydrolysis) is 1. The fraction of sp³-hybridized carbons (Fsp3) is 0.714. The molecule has 1 atom stereocenters. The third-order valence-electron chi connectivity index (χ3n) is 10.2. The summed E-state index contributed by atoms with van der Waals surface area (Å²) < 4.78 is 77.0. The molecule has 17 heteroatoms. The van der Waals surface area contributed by atoms with Crippen LogP contribution >= 0.6 is 0 Å². The smallest absolute Gasteiger partial charge is 0.407 e. The Bertz CT molecular complexity index is 1420. The number of benzene rings is 2. The third kappa shape index (κ3) is 27.5. The molecule has 1 aliphatic rings. The van der Waals surface area contributed by atoms with E-state index in [0.717, 1.165) is 25.7 Å². The maximum Gasteiger partial charge on any atom is 0.407 e. The Morgan fingerprint density at radius 3 is 1.14 bits per heavy atom. The van der Waals surface area contributed by atoms with Crippen molar-refractivity contribution in [3.05, 3.63) is 59.7 Å². The average molecular weight is 938 g/mol. The van der Waals surface area contributed by atoms with E-state index in [0.29, 0.717) is 165 Å². The van der Waals surface area contributed by atoms with Gasteiger partial charge in [-0.25, -0.2) is 4.79 Å². The quantitative estimate of drug-likeness (QED) is 0.0652. The highest BCUT2D eigenvalue weighted by Crippen LogP contribution is 2.44. The molecule has 0 spiro atoms. The summed E-state index contributed by atoms with van der Waals surface area (Å²) in [6.07, 6.45) is 3.35. The van der Waals surface area contributed by atoms with Gasteiger partial charge in [-0.3, -0.25) is 4.79 Å². The summed E-state index contributed by atoms with van der Waals surface area (Å²) in [7, 11) is 0. The van der Waals surface area contributed by atoms with Crippen molar-refractivity contribution in [1.82, 2.24) is 5.32 Å². The van der Waals surface area contributed by atoms with Gasteiger partial charge in [-0.2, -0.15) is 0 Å². The first-order chi connectivity index (χ1) is 32.7. The summed E-state index contributed by atoms with van der Waals surface area (Å²) in [6, 6.07) is 16.5. The second kappa shape index (κ2) is 40.7. The summed E-state index contributed by atoms with van der Waals surface area (Å²) in [5, 5.41) is 2.74. The molecule has 1 amide bonds. The number of carbonyl (C=O) groups is 2. The van der Waals surface area contributed by atoms with Crippen molar-refractivity contribution >= 4 is 12.1 Å². The number of fused-ring (bicyclic) bond motifs is 3. The lowest BCUT2D eigenvalue weighted by molar-refractivity contribution is -0.150. The number of rotatable bonds is 46. The molecule has 66 heavy (non-hydrogen) atoms. The van der Waals surface area contributed by atoms with Gasteiger partial charge in [0.25, 0.3) is 0 Å². The van der Waals surface area contributed by atoms with Crippen LogP contribution in [0.1, 0.15) is 56.6 Å². The fourth-order valence-electron chi connectivity index (χ4n) is 6.65. The second-order valence-electron chi connectivity index (χ2n) is 15.0. The van der Waals surface area contributed by atoms with Crippen LogP contribution in [-0.2, 0) is 71.1 Å². The van der Waals surface area contributed by atoms with Crippen LogP contribution in [0.25, 0.3) is 11.1 Å². The SMILES string of the molecule is CCCCC(CC)C(=O)OCCOCCOCCOCCOCCOCCOCCOCCOCCOCCOCCOCCOCCNC(=O)OCC1c2ccccc2-c2ccccc21. The molecule has 376 valence electrons. The predicted octanol–water partition coefficient (Wildman–Crippen LogP) is 5.48. The van der Waals surface area contributed by atoms with Gasteiger partial charge in [0.2, 0.25) is 0 Å². The molecule has 0 saturated carbocycles. The van der Waals surface area contributed by atoms with Gasteiger partial charge < -0.3 is 71.6 Å². The van der Waals surface area contributed by atoms with Crippen LogP contribution < -0.4 is 5.32 Å². The number of hydrogen-bond acceptors (Lipinski definition) is 16. The topological polar surface area (TPSA) is 175 Å². The number of esters is 1. The first kappa shape index (κ1) is 57.0. The number of amides is 1. The van der Waals surface area contributed by atoms with Crippen molar-refractivity contribution in [2.24, 2.45) is 5.92 Å². The lowest BCUT2D eigenvalue weighted by atomic mass is 9.98. The zero-order valence-electron chi connectivity index (χ0n) is 39.7. The maximum atomic E-state index is 12.3. The molecule has 1 N–H and O–H groups in total. The third-order valence-corrected chi connectivity index (χ3v) is 10.2. The highest BCUT2D eigenvalue weighted by atomic mass is 16.6. The molecule has 0 bridgehead atoms. The van der Waals surface area contributed by atoms with Crippen LogP contribution in [0.4, 0.5) is 4.79 Å². The van der Waals surface area contributed by atoms with E-state index in [9.17, 15) is 9.59 Å². The van der Waals surface area contributed by atoms with E-state index in [-0.39, 0.29) is 31.0 Å². The van der Waals surface area contributed by atoms with Gasteiger partial charge in [-0.1, -0.05) is 75.2 Å². The molecule has 1 aliphatic carbocycles. The van der Waals surface area contributed by atoms with Crippen LogP contribution in [0.15, 0.2) is 48.5 Å². The Labute approximate surface area is 392 Å². The molecule has 0 fully saturated rings. The van der Waals surface area contributed by atoms with Crippen LogP contribution in [-0.4, -0.2) is 190 Å². The van der Waals surface area contributed by atoms with Gasteiger partial charge in [0.15, 0.2) is 0 Å². The molecule has 2 aromatic rings. The van der Waals surface area contributed by atoms with Crippen LogP contribution in [0.2, 0.25) is 0 Å². The highest BCUT2D eigenvalue weighted by molar-refractivity contribution is 5.79. The van der Waals surface area contributed by atoms with Gasteiger partial charge in [0.05, 0.1) is 164 Å². The molecular weight excluding hydrogens is 859 g/mol. The van der Waals surface area contributed by atoms with E-state index in [4.69, 9.17) is 66.3 Å². The average Bonchev–Trinajstić information content (AvgIpc) is 3.66. The Hall–Kier alpha value is -3.30. The zero-order valence-corrected chi connectivity index (χ0v) is 39.7. The van der Waals surface area contributed by atoms with Crippen LogP contribution in [0.5, 0.6) is 0 Å². The summed E-state index contributed by atoms with van der Waals surface area (Å²) in [5.41, 5.74) is 4.76. The zero-order chi connectivity index (χ0) is 46.8. The van der Waals surface area contributed by atoms with Crippen molar-refractivity contribution in [3.8, 4) is 11.1 Å². The predicted molar refractivity (Wildman–Crippen MR) is 247 cm³/mol. The van der Waals surface area contributed by atoms with E-state index in [1.807, 2.05) is 31.2 Å². The lowest BCUT2D eigenvalue weighted by Gasteiger charge is -2.14. The molecule has 2 aromatic carbocycles. The van der Waals surface area contributed by atoms with Crippen molar-refractivity contribution in [3.63, 3.8) is 0 Å².